The van der Waals surface area contributed by atoms with Gasteiger partial charge in [-0.15, -0.1) is 10.2 Å². The van der Waals surface area contributed by atoms with Crippen LogP contribution in [0.25, 0.3) is 11.4 Å². The average Bonchev–Trinajstić information content (AvgIpc) is 2.69. The second-order valence-electron chi connectivity index (χ2n) is 3.19. The van der Waals surface area contributed by atoms with E-state index >= 15 is 0 Å². The van der Waals surface area contributed by atoms with Crippen molar-refractivity contribution in [3.63, 3.8) is 0 Å². The first-order valence-corrected chi connectivity index (χ1v) is 4.08. The fraction of sp³-hybridized carbons (Fsp3) is 0.429. The predicted molar refractivity (Wildman–Crippen MR) is 43.9 cm³/mol. The summed E-state index contributed by atoms with van der Waals surface area (Å²) in [6.07, 6.45) is 0. The van der Waals surface area contributed by atoms with E-state index in [2.05, 4.69) is 20.6 Å². The van der Waals surface area contributed by atoms with E-state index in [1.165, 1.54) is 0 Å². The van der Waals surface area contributed by atoms with Gasteiger partial charge in [-0.05, 0) is 13.8 Å². The standard InChI is InChI=1S/C7H8N6/c1-4-6-7-5(2)9-11-13(7)3-12(6)10-8-4/h3H2,1-2H3. The number of fused-ring (bicyclic) bond motifs is 3. The van der Waals surface area contributed by atoms with Gasteiger partial charge in [0, 0.05) is 0 Å². The lowest BCUT2D eigenvalue weighted by Crippen LogP contribution is -2.04. The zero-order valence-corrected chi connectivity index (χ0v) is 7.39. The molecule has 0 fully saturated rings. The first kappa shape index (κ1) is 6.76. The maximum absolute atomic E-state index is 4.00. The van der Waals surface area contributed by atoms with Crippen LogP contribution in [0, 0.1) is 13.8 Å². The summed E-state index contributed by atoms with van der Waals surface area (Å²) in [6.45, 7) is 4.52. The lowest BCUT2D eigenvalue weighted by Gasteiger charge is -1.91. The summed E-state index contributed by atoms with van der Waals surface area (Å²) in [5.41, 5.74) is 3.96. The molecule has 2 aromatic rings. The van der Waals surface area contributed by atoms with Gasteiger partial charge in [-0.25, -0.2) is 9.36 Å². The van der Waals surface area contributed by atoms with E-state index in [1.807, 2.05) is 23.2 Å². The molecule has 1 aliphatic rings. The Hall–Kier alpha value is -1.72. The number of hydrogen-bond donors (Lipinski definition) is 0. The van der Waals surface area contributed by atoms with E-state index in [9.17, 15) is 0 Å². The molecule has 6 heteroatoms. The van der Waals surface area contributed by atoms with Crippen LogP contribution in [-0.4, -0.2) is 30.0 Å². The second kappa shape index (κ2) is 1.95. The Bertz CT molecular complexity index is 435. The van der Waals surface area contributed by atoms with Gasteiger partial charge in [0.15, 0.2) is 0 Å². The Balaban J connectivity index is 2.39. The van der Waals surface area contributed by atoms with Crippen molar-refractivity contribution in [1.82, 2.24) is 30.0 Å². The third-order valence-electron chi connectivity index (χ3n) is 2.30. The van der Waals surface area contributed by atoms with Crippen molar-refractivity contribution in [3.05, 3.63) is 11.4 Å². The molecule has 13 heavy (non-hydrogen) atoms. The highest BCUT2D eigenvalue weighted by Crippen LogP contribution is 2.28. The quantitative estimate of drug-likeness (QED) is 0.482. The summed E-state index contributed by atoms with van der Waals surface area (Å²) in [6, 6.07) is 0. The van der Waals surface area contributed by atoms with E-state index < -0.39 is 0 Å². The molecule has 0 spiro atoms. The molecule has 0 atom stereocenters. The fourth-order valence-electron chi connectivity index (χ4n) is 1.71. The Morgan fingerprint density at radius 1 is 0.923 bits per heavy atom. The maximum atomic E-state index is 4.00. The molecule has 1 aliphatic heterocycles. The number of rotatable bonds is 0. The average molecular weight is 176 g/mol. The summed E-state index contributed by atoms with van der Waals surface area (Å²) in [7, 11) is 0. The van der Waals surface area contributed by atoms with Crippen molar-refractivity contribution in [2.45, 2.75) is 20.5 Å². The minimum Gasteiger partial charge on any atom is -0.221 e. The van der Waals surface area contributed by atoms with Crippen LogP contribution in [0.3, 0.4) is 0 Å². The van der Waals surface area contributed by atoms with Crippen molar-refractivity contribution in [3.8, 4) is 11.4 Å². The van der Waals surface area contributed by atoms with Crippen molar-refractivity contribution in [1.29, 1.82) is 0 Å². The zero-order chi connectivity index (χ0) is 9.00. The van der Waals surface area contributed by atoms with Gasteiger partial charge in [0.05, 0.1) is 11.4 Å². The molecule has 6 nitrogen and oxygen atoms in total. The molecule has 2 aromatic heterocycles. The number of aromatic nitrogens is 6. The van der Waals surface area contributed by atoms with Crippen molar-refractivity contribution in [2.75, 3.05) is 0 Å². The zero-order valence-electron chi connectivity index (χ0n) is 7.39. The van der Waals surface area contributed by atoms with Crippen LogP contribution in [0.4, 0.5) is 0 Å². The molecule has 3 heterocycles. The van der Waals surface area contributed by atoms with E-state index in [-0.39, 0.29) is 0 Å². The summed E-state index contributed by atoms with van der Waals surface area (Å²) in [5, 5.41) is 16.0. The van der Waals surface area contributed by atoms with Gasteiger partial charge in [0.2, 0.25) is 0 Å². The summed E-state index contributed by atoms with van der Waals surface area (Å²) in [5.74, 6) is 0. The highest BCUT2D eigenvalue weighted by Gasteiger charge is 2.26. The molecule has 0 saturated heterocycles. The van der Waals surface area contributed by atoms with Crippen LogP contribution in [0.1, 0.15) is 11.4 Å². The van der Waals surface area contributed by atoms with Crippen LogP contribution < -0.4 is 0 Å². The third kappa shape index (κ3) is 0.676. The van der Waals surface area contributed by atoms with Crippen LogP contribution >= 0.6 is 0 Å². The smallest absolute Gasteiger partial charge is 0.138 e. The Morgan fingerprint density at radius 2 is 1.38 bits per heavy atom. The Kier molecular flexibility index (Phi) is 1.02. The summed E-state index contributed by atoms with van der Waals surface area (Å²) >= 11 is 0. The van der Waals surface area contributed by atoms with Crippen molar-refractivity contribution >= 4 is 0 Å². The number of aryl methyl sites for hydroxylation is 2. The topological polar surface area (TPSA) is 61.4 Å². The van der Waals surface area contributed by atoms with Gasteiger partial charge in [0.1, 0.15) is 18.1 Å². The van der Waals surface area contributed by atoms with Gasteiger partial charge in [-0.1, -0.05) is 10.4 Å². The summed E-state index contributed by atoms with van der Waals surface area (Å²) in [4.78, 5) is 0. The fourth-order valence-corrected chi connectivity index (χ4v) is 1.71. The van der Waals surface area contributed by atoms with E-state index in [1.54, 1.807) is 0 Å². The molecule has 0 radical (unpaired) electrons. The molecule has 0 unspecified atom stereocenters. The molecule has 0 saturated carbocycles. The van der Waals surface area contributed by atoms with Crippen LogP contribution in [0.2, 0.25) is 0 Å². The number of hydrogen-bond acceptors (Lipinski definition) is 4. The molecule has 0 amide bonds. The molecular weight excluding hydrogens is 168 g/mol. The monoisotopic (exact) mass is 176 g/mol. The molecule has 0 N–H and O–H groups in total. The van der Waals surface area contributed by atoms with E-state index in [0.717, 1.165) is 22.8 Å². The first-order chi connectivity index (χ1) is 6.27. The predicted octanol–water partition coefficient (Wildman–Crippen LogP) is -0.0274. The van der Waals surface area contributed by atoms with Crippen LogP contribution in [-0.2, 0) is 6.67 Å². The highest BCUT2D eigenvalue weighted by atomic mass is 15.6. The molecule has 3 rings (SSSR count). The van der Waals surface area contributed by atoms with Crippen molar-refractivity contribution < 1.29 is 0 Å². The minimum absolute atomic E-state index is 0.631. The Morgan fingerprint density at radius 3 is 1.85 bits per heavy atom. The lowest BCUT2D eigenvalue weighted by atomic mass is 10.2. The molecule has 0 aliphatic carbocycles. The van der Waals surface area contributed by atoms with Crippen molar-refractivity contribution in [2.24, 2.45) is 0 Å². The highest BCUT2D eigenvalue weighted by molar-refractivity contribution is 5.61. The first-order valence-electron chi connectivity index (χ1n) is 4.08. The maximum Gasteiger partial charge on any atom is 0.138 e. The van der Waals surface area contributed by atoms with Gasteiger partial charge >= 0.3 is 0 Å². The van der Waals surface area contributed by atoms with Crippen LogP contribution in [0.5, 0.6) is 0 Å². The normalized spacial score (nSPS) is 13.1. The molecule has 66 valence electrons. The van der Waals surface area contributed by atoms with E-state index in [4.69, 9.17) is 0 Å². The summed E-state index contributed by atoms with van der Waals surface area (Å²) < 4.78 is 3.68. The van der Waals surface area contributed by atoms with Gasteiger partial charge in [-0.2, -0.15) is 0 Å². The minimum atomic E-state index is 0.631. The Labute approximate surface area is 74.2 Å². The molecular formula is C7H8N6. The van der Waals surface area contributed by atoms with Gasteiger partial charge in [-0.3, -0.25) is 0 Å². The van der Waals surface area contributed by atoms with Gasteiger partial charge < -0.3 is 0 Å². The second-order valence-corrected chi connectivity index (χ2v) is 3.19. The third-order valence-corrected chi connectivity index (χ3v) is 2.30. The molecule has 0 aromatic carbocycles. The SMILES string of the molecule is Cc1nnn2c1-c1c(C)nnn1C2. The largest absolute Gasteiger partial charge is 0.221 e. The van der Waals surface area contributed by atoms with Crippen LogP contribution in [0.15, 0.2) is 0 Å². The number of nitrogens with zero attached hydrogens (tertiary/aromatic N) is 6. The van der Waals surface area contributed by atoms with Gasteiger partial charge in [0.25, 0.3) is 0 Å². The lowest BCUT2D eigenvalue weighted by molar-refractivity contribution is 0.516. The van der Waals surface area contributed by atoms with E-state index in [0.29, 0.717) is 6.67 Å². The molecule has 0 bridgehead atoms.